The third-order valence-electron chi connectivity index (χ3n) is 3.23. The number of nitrogens with zero attached hydrogens (tertiary/aromatic N) is 3. The number of ether oxygens (including phenoxy) is 2. The molecule has 0 saturated carbocycles. The van der Waals surface area contributed by atoms with Gasteiger partial charge in [-0.1, -0.05) is 13.8 Å². The summed E-state index contributed by atoms with van der Waals surface area (Å²) in [7, 11) is 5.52. The van der Waals surface area contributed by atoms with Crippen LogP contribution in [0.5, 0.6) is 5.75 Å². The molecule has 0 aromatic carbocycles. The lowest BCUT2D eigenvalue weighted by atomic mass is 10.0. The fourth-order valence-corrected chi connectivity index (χ4v) is 2.12. The molecular formula is C15H27N3O3. The summed E-state index contributed by atoms with van der Waals surface area (Å²) >= 11 is 0. The topological polar surface area (TPSA) is 56.6 Å². The molecule has 0 radical (unpaired) electrons. The number of likely N-dealkylation sites (N-methyl/N-ethyl adjacent to an activating group) is 1. The molecule has 21 heavy (non-hydrogen) atoms. The second kappa shape index (κ2) is 8.14. The number of aromatic nitrogens is 2. The second-order valence-electron chi connectivity index (χ2n) is 5.57. The van der Waals surface area contributed by atoms with Gasteiger partial charge in [-0.15, -0.1) is 0 Å². The predicted octanol–water partition coefficient (Wildman–Crippen LogP) is 1.70. The van der Waals surface area contributed by atoms with Crippen LogP contribution in [0, 0.1) is 5.92 Å². The highest BCUT2D eigenvalue weighted by atomic mass is 16.5. The summed E-state index contributed by atoms with van der Waals surface area (Å²) in [5.41, 5.74) is 0.492. The zero-order valence-electron chi connectivity index (χ0n) is 13.9. The molecule has 1 unspecified atom stereocenters. The zero-order chi connectivity index (χ0) is 16.0. The molecule has 0 saturated heterocycles. The van der Waals surface area contributed by atoms with E-state index in [1.54, 1.807) is 18.0 Å². The van der Waals surface area contributed by atoms with Crippen molar-refractivity contribution in [2.24, 2.45) is 5.92 Å². The van der Waals surface area contributed by atoms with Crippen molar-refractivity contribution >= 4 is 5.78 Å². The van der Waals surface area contributed by atoms with E-state index in [1.165, 1.54) is 0 Å². The Kier molecular flexibility index (Phi) is 6.84. The fraction of sp³-hybridized carbons (Fsp3) is 0.733. The van der Waals surface area contributed by atoms with E-state index in [0.29, 0.717) is 24.6 Å². The van der Waals surface area contributed by atoms with E-state index in [0.717, 1.165) is 6.54 Å². The van der Waals surface area contributed by atoms with Crippen molar-refractivity contribution in [3.63, 3.8) is 0 Å². The van der Waals surface area contributed by atoms with Crippen LogP contribution in [0.25, 0.3) is 0 Å². The molecule has 6 nitrogen and oxygen atoms in total. The average molecular weight is 297 g/mol. The van der Waals surface area contributed by atoms with Crippen LogP contribution in [0.15, 0.2) is 6.20 Å². The number of carbonyl (C=O) groups excluding carboxylic acids is 1. The molecule has 1 aromatic rings. The molecule has 1 heterocycles. The first-order valence-corrected chi connectivity index (χ1v) is 7.32. The third kappa shape index (κ3) is 4.54. The highest BCUT2D eigenvalue weighted by Gasteiger charge is 2.29. The minimum absolute atomic E-state index is 0.0695. The van der Waals surface area contributed by atoms with E-state index in [4.69, 9.17) is 9.47 Å². The highest BCUT2D eigenvalue weighted by molar-refractivity contribution is 6.00. The van der Waals surface area contributed by atoms with Crippen LogP contribution in [-0.4, -0.2) is 60.9 Å². The minimum atomic E-state index is -0.473. The molecule has 0 N–H and O–H groups in total. The average Bonchev–Trinajstić information content (AvgIpc) is 2.84. The maximum absolute atomic E-state index is 12.8. The summed E-state index contributed by atoms with van der Waals surface area (Å²) in [5, 5.41) is 4.27. The van der Waals surface area contributed by atoms with E-state index < -0.39 is 6.10 Å². The van der Waals surface area contributed by atoms with Crippen molar-refractivity contribution in [2.45, 2.75) is 33.4 Å². The Morgan fingerprint density at radius 2 is 2.10 bits per heavy atom. The van der Waals surface area contributed by atoms with Crippen molar-refractivity contribution in [3.05, 3.63) is 11.9 Å². The highest BCUT2D eigenvalue weighted by Crippen LogP contribution is 2.23. The van der Waals surface area contributed by atoms with Crippen LogP contribution in [0.2, 0.25) is 0 Å². The summed E-state index contributed by atoms with van der Waals surface area (Å²) in [6, 6.07) is 0. The normalized spacial score (nSPS) is 13.0. The number of hydrogen-bond acceptors (Lipinski definition) is 5. The summed E-state index contributed by atoms with van der Waals surface area (Å²) < 4.78 is 12.6. The summed E-state index contributed by atoms with van der Waals surface area (Å²) in [6.45, 7) is 7.78. The molecule has 0 amide bonds. The van der Waals surface area contributed by atoms with Gasteiger partial charge in [0.1, 0.15) is 11.8 Å². The SMILES string of the molecule is CCOC(C(=O)c1c(OC)cnn1CCN(C)C)C(C)C. The van der Waals surface area contributed by atoms with Crippen LogP contribution in [0.3, 0.4) is 0 Å². The molecule has 1 aromatic heterocycles. The Morgan fingerprint density at radius 1 is 1.43 bits per heavy atom. The van der Waals surface area contributed by atoms with Gasteiger partial charge < -0.3 is 14.4 Å². The number of hydrogen-bond donors (Lipinski definition) is 0. The smallest absolute Gasteiger partial charge is 0.213 e. The maximum Gasteiger partial charge on any atom is 0.213 e. The second-order valence-corrected chi connectivity index (χ2v) is 5.57. The van der Waals surface area contributed by atoms with Crippen LogP contribution < -0.4 is 4.74 Å². The lowest BCUT2D eigenvalue weighted by Crippen LogP contribution is -2.32. The van der Waals surface area contributed by atoms with Gasteiger partial charge in [0.15, 0.2) is 5.75 Å². The first kappa shape index (κ1) is 17.7. The van der Waals surface area contributed by atoms with Gasteiger partial charge in [0, 0.05) is 13.2 Å². The number of Topliss-reactive ketones (excluding diaryl/α,β-unsaturated/α-hetero) is 1. The van der Waals surface area contributed by atoms with Gasteiger partial charge in [0.2, 0.25) is 5.78 Å². The van der Waals surface area contributed by atoms with E-state index in [2.05, 4.69) is 5.10 Å². The Hall–Kier alpha value is -1.40. The van der Waals surface area contributed by atoms with Crippen LogP contribution in [-0.2, 0) is 11.3 Å². The molecule has 0 spiro atoms. The van der Waals surface area contributed by atoms with Gasteiger partial charge in [0.05, 0.1) is 19.9 Å². The molecule has 120 valence electrons. The van der Waals surface area contributed by atoms with Crippen molar-refractivity contribution in [1.29, 1.82) is 0 Å². The quantitative estimate of drug-likeness (QED) is 0.649. The summed E-state index contributed by atoms with van der Waals surface area (Å²) in [4.78, 5) is 14.8. The number of carbonyl (C=O) groups is 1. The Balaban J connectivity index is 3.07. The number of methoxy groups -OCH3 is 1. The minimum Gasteiger partial charge on any atom is -0.493 e. The van der Waals surface area contributed by atoms with Crippen molar-refractivity contribution < 1.29 is 14.3 Å². The van der Waals surface area contributed by atoms with Crippen LogP contribution in [0.1, 0.15) is 31.3 Å². The molecule has 0 aliphatic rings. The van der Waals surface area contributed by atoms with Crippen molar-refractivity contribution in [3.8, 4) is 5.75 Å². The van der Waals surface area contributed by atoms with Gasteiger partial charge in [0.25, 0.3) is 0 Å². The van der Waals surface area contributed by atoms with Crippen LogP contribution in [0.4, 0.5) is 0 Å². The molecule has 6 heteroatoms. The van der Waals surface area contributed by atoms with E-state index in [1.807, 2.05) is 39.8 Å². The van der Waals surface area contributed by atoms with Gasteiger partial charge in [-0.05, 0) is 26.9 Å². The molecular weight excluding hydrogens is 270 g/mol. The standard InChI is InChI=1S/C15H27N3O3/c1-7-21-15(11(2)3)14(19)13-12(20-6)10-16-18(13)9-8-17(4)5/h10-11,15H,7-9H2,1-6H3. The Morgan fingerprint density at radius 3 is 2.57 bits per heavy atom. The largest absolute Gasteiger partial charge is 0.493 e. The van der Waals surface area contributed by atoms with E-state index in [9.17, 15) is 4.79 Å². The Labute approximate surface area is 127 Å². The predicted molar refractivity (Wildman–Crippen MR) is 81.9 cm³/mol. The molecule has 0 fully saturated rings. The zero-order valence-corrected chi connectivity index (χ0v) is 13.9. The fourth-order valence-electron chi connectivity index (χ4n) is 2.12. The molecule has 1 atom stereocenters. The number of ketones is 1. The summed E-state index contributed by atoms with van der Waals surface area (Å²) in [5.74, 6) is 0.531. The van der Waals surface area contributed by atoms with Crippen molar-refractivity contribution in [1.82, 2.24) is 14.7 Å². The molecule has 0 aliphatic heterocycles. The van der Waals surface area contributed by atoms with Gasteiger partial charge in [-0.3, -0.25) is 9.48 Å². The first-order chi connectivity index (χ1) is 9.92. The van der Waals surface area contributed by atoms with Gasteiger partial charge >= 0.3 is 0 Å². The monoisotopic (exact) mass is 297 g/mol. The van der Waals surface area contributed by atoms with E-state index >= 15 is 0 Å². The van der Waals surface area contributed by atoms with Gasteiger partial charge in [-0.2, -0.15) is 5.10 Å². The number of rotatable bonds is 9. The lowest BCUT2D eigenvalue weighted by molar-refractivity contribution is 0.0268. The molecule has 1 rings (SSSR count). The Bertz CT molecular complexity index is 455. The first-order valence-electron chi connectivity index (χ1n) is 7.32. The molecule has 0 bridgehead atoms. The lowest BCUT2D eigenvalue weighted by Gasteiger charge is -2.20. The van der Waals surface area contributed by atoms with Gasteiger partial charge in [-0.25, -0.2) is 0 Å². The van der Waals surface area contributed by atoms with Crippen LogP contribution >= 0.6 is 0 Å². The maximum atomic E-state index is 12.8. The molecule has 0 aliphatic carbocycles. The van der Waals surface area contributed by atoms with E-state index in [-0.39, 0.29) is 11.7 Å². The van der Waals surface area contributed by atoms with Crippen molar-refractivity contribution in [2.75, 3.05) is 34.4 Å². The third-order valence-corrected chi connectivity index (χ3v) is 3.23. The summed E-state index contributed by atoms with van der Waals surface area (Å²) in [6.07, 6.45) is 1.12.